The maximum Gasteiger partial charge on any atom is 0.254 e. The van der Waals surface area contributed by atoms with E-state index in [0.29, 0.717) is 10.8 Å². The van der Waals surface area contributed by atoms with Crippen LogP contribution in [0, 0.1) is 6.92 Å². The van der Waals surface area contributed by atoms with E-state index in [1.165, 1.54) is 16.2 Å². The van der Waals surface area contributed by atoms with Crippen molar-refractivity contribution in [3.8, 4) is 0 Å². The van der Waals surface area contributed by atoms with Crippen LogP contribution in [0.25, 0.3) is 10.2 Å². The van der Waals surface area contributed by atoms with Gasteiger partial charge >= 0.3 is 0 Å². The Hall–Kier alpha value is -2.22. The molecule has 2 N–H and O–H groups in total. The van der Waals surface area contributed by atoms with Crippen LogP contribution in [-0.4, -0.2) is 39.2 Å². The monoisotopic (exact) mass is 346 g/mol. The van der Waals surface area contributed by atoms with Crippen molar-refractivity contribution in [1.82, 2.24) is 9.88 Å². The molecule has 3 rings (SSSR count). The molecule has 1 amide bonds. The number of aromatic nitrogens is 1. The summed E-state index contributed by atoms with van der Waals surface area (Å²) in [6, 6.07) is 11.0. The molecular weight excluding hydrogens is 328 g/mol. The molecule has 0 radical (unpaired) electrons. The number of thiazole rings is 1. The highest BCUT2D eigenvalue weighted by Gasteiger charge is 2.30. The molecule has 2 unspecified atom stereocenters. The van der Waals surface area contributed by atoms with Crippen LogP contribution in [0.2, 0.25) is 0 Å². The number of para-hydroxylation sites is 1. The van der Waals surface area contributed by atoms with E-state index in [0.717, 1.165) is 16.0 Å². The maximum atomic E-state index is 12.3. The fourth-order valence-electron chi connectivity index (χ4n) is 2.39. The number of carbonyl (C=O) groups excluding carboxylic acids is 1. The topological polar surface area (TPSA) is 86.8 Å². The minimum atomic E-state index is -1.58. The van der Waals surface area contributed by atoms with Gasteiger partial charge in [-0.25, -0.2) is 4.98 Å². The summed E-state index contributed by atoms with van der Waals surface area (Å²) in [5.41, 5.74) is 0.732. The fourth-order valence-corrected chi connectivity index (χ4v) is 3.38. The summed E-state index contributed by atoms with van der Waals surface area (Å²) in [6.45, 7) is 2.04. The molecular formula is C17H18N2O4S. The van der Waals surface area contributed by atoms with Gasteiger partial charge in [-0.15, -0.1) is 11.3 Å². The number of nitrogens with zero attached hydrogens (tertiary/aromatic N) is 2. The number of likely N-dealkylation sites (N-methyl/N-ethyl adjacent to an activating group) is 1. The lowest BCUT2D eigenvalue weighted by Crippen LogP contribution is -2.39. The third-order valence-electron chi connectivity index (χ3n) is 3.68. The Kier molecular flexibility index (Phi) is 4.66. The lowest BCUT2D eigenvalue weighted by atomic mass is 10.2. The minimum absolute atomic E-state index is 0.219. The van der Waals surface area contributed by atoms with Crippen molar-refractivity contribution in [2.24, 2.45) is 0 Å². The van der Waals surface area contributed by atoms with E-state index in [9.17, 15) is 15.0 Å². The zero-order valence-corrected chi connectivity index (χ0v) is 14.2. The Balaban J connectivity index is 1.71. The number of aliphatic hydroxyl groups is 2. The van der Waals surface area contributed by atoms with E-state index in [1.807, 2.05) is 31.2 Å². The lowest BCUT2D eigenvalue weighted by molar-refractivity contribution is -0.145. The van der Waals surface area contributed by atoms with Crippen molar-refractivity contribution < 1.29 is 19.4 Å². The quantitative estimate of drug-likeness (QED) is 0.740. The molecule has 0 bridgehead atoms. The van der Waals surface area contributed by atoms with Gasteiger partial charge in [0.25, 0.3) is 5.91 Å². The van der Waals surface area contributed by atoms with Crippen LogP contribution in [0.1, 0.15) is 22.6 Å². The van der Waals surface area contributed by atoms with Crippen LogP contribution in [0.5, 0.6) is 0 Å². The third kappa shape index (κ3) is 3.33. The normalized spacial score (nSPS) is 13.8. The van der Waals surface area contributed by atoms with Crippen molar-refractivity contribution in [2.75, 3.05) is 7.05 Å². The van der Waals surface area contributed by atoms with E-state index in [1.54, 1.807) is 19.2 Å². The largest absolute Gasteiger partial charge is 0.464 e. The van der Waals surface area contributed by atoms with E-state index >= 15 is 0 Å². The number of rotatable bonds is 5. The summed E-state index contributed by atoms with van der Waals surface area (Å²) in [6.07, 6.45) is -2.94. The Morgan fingerprint density at radius 2 is 2.04 bits per heavy atom. The zero-order chi connectivity index (χ0) is 17.3. The van der Waals surface area contributed by atoms with Gasteiger partial charge in [0.15, 0.2) is 6.10 Å². The van der Waals surface area contributed by atoms with Crippen molar-refractivity contribution in [2.45, 2.75) is 25.7 Å². The Morgan fingerprint density at radius 3 is 2.71 bits per heavy atom. The van der Waals surface area contributed by atoms with Crippen molar-refractivity contribution in [3.63, 3.8) is 0 Å². The van der Waals surface area contributed by atoms with Crippen molar-refractivity contribution in [1.29, 1.82) is 0 Å². The van der Waals surface area contributed by atoms with E-state index in [4.69, 9.17) is 4.42 Å². The Labute approximate surface area is 143 Å². The van der Waals surface area contributed by atoms with Crippen LogP contribution < -0.4 is 0 Å². The standard InChI is InChI=1S/C17H18N2O4S/c1-10-7-8-11(23-10)9-19(2)17(22)15(21)14(20)16-18-12-5-3-4-6-13(12)24-16/h3-8,14-15,20-21H,9H2,1-2H3. The summed E-state index contributed by atoms with van der Waals surface area (Å²) in [5.74, 6) is 0.779. The van der Waals surface area contributed by atoms with Gasteiger partial charge in [-0.3, -0.25) is 4.79 Å². The molecule has 0 aliphatic carbocycles. The second-order valence-electron chi connectivity index (χ2n) is 5.62. The van der Waals surface area contributed by atoms with Crippen LogP contribution in [0.4, 0.5) is 0 Å². The van der Waals surface area contributed by atoms with Gasteiger partial charge in [-0.2, -0.15) is 0 Å². The van der Waals surface area contributed by atoms with Gasteiger partial charge in [0.1, 0.15) is 22.6 Å². The first-order valence-corrected chi connectivity index (χ1v) is 8.29. The maximum absolute atomic E-state index is 12.3. The fraction of sp³-hybridized carbons (Fsp3) is 0.294. The first kappa shape index (κ1) is 16.6. The lowest BCUT2D eigenvalue weighted by Gasteiger charge is -2.22. The molecule has 2 heterocycles. The number of carbonyl (C=O) groups is 1. The molecule has 0 saturated carbocycles. The predicted octanol–water partition coefficient (Wildman–Crippen LogP) is 2.25. The van der Waals surface area contributed by atoms with Crippen molar-refractivity contribution >= 4 is 27.5 Å². The average Bonchev–Trinajstić information content (AvgIpc) is 3.18. The second-order valence-corrected chi connectivity index (χ2v) is 6.68. The van der Waals surface area contributed by atoms with Gasteiger partial charge < -0.3 is 19.5 Å². The molecule has 0 aliphatic rings. The van der Waals surface area contributed by atoms with Crippen LogP contribution in [0.15, 0.2) is 40.8 Å². The molecule has 1 aromatic carbocycles. The summed E-state index contributed by atoms with van der Waals surface area (Å²) in [7, 11) is 1.55. The molecule has 0 spiro atoms. The first-order valence-electron chi connectivity index (χ1n) is 7.47. The highest BCUT2D eigenvalue weighted by Crippen LogP contribution is 2.28. The Bertz CT molecular complexity index is 824. The van der Waals surface area contributed by atoms with Crippen LogP contribution in [-0.2, 0) is 11.3 Å². The average molecular weight is 346 g/mol. The van der Waals surface area contributed by atoms with Gasteiger partial charge in [-0.1, -0.05) is 12.1 Å². The highest BCUT2D eigenvalue weighted by molar-refractivity contribution is 7.18. The van der Waals surface area contributed by atoms with Crippen LogP contribution >= 0.6 is 11.3 Å². The van der Waals surface area contributed by atoms with Gasteiger partial charge in [0.2, 0.25) is 0 Å². The molecule has 0 saturated heterocycles. The Morgan fingerprint density at radius 1 is 1.29 bits per heavy atom. The SMILES string of the molecule is Cc1ccc(CN(C)C(=O)C(O)C(O)c2nc3ccccc3s2)o1. The smallest absolute Gasteiger partial charge is 0.254 e. The van der Waals surface area contributed by atoms with E-state index in [-0.39, 0.29) is 6.54 Å². The number of aliphatic hydroxyl groups excluding tert-OH is 2. The van der Waals surface area contributed by atoms with Gasteiger partial charge in [-0.05, 0) is 31.2 Å². The number of fused-ring (bicyclic) bond motifs is 1. The molecule has 0 fully saturated rings. The molecule has 0 aliphatic heterocycles. The molecule has 3 aromatic rings. The number of benzene rings is 1. The molecule has 2 atom stereocenters. The van der Waals surface area contributed by atoms with Crippen molar-refractivity contribution in [3.05, 3.63) is 52.9 Å². The summed E-state index contributed by atoms with van der Waals surface area (Å²) < 4.78 is 6.31. The number of amides is 1. The minimum Gasteiger partial charge on any atom is -0.464 e. The molecule has 6 nitrogen and oxygen atoms in total. The summed E-state index contributed by atoms with van der Waals surface area (Å²) >= 11 is 1.26. The number of hydrogen-bond acceptors (Lipinski definition) is 6. The first-order chi connectivity index (χ1) is 11.5. The predicted molar refractivity (Wildman–Crippen MR) is 90.5 cm³/mol. The summed E-state index contributed by atoms with van der Waals surface area (Å²) in [4.78, 5) is 17.9. The summed E-state index contributed by atoms with van der Waals surface area (Å²) in [5, 5.41) is 20.8. The highest BCUT2D eigenvalue weighted by atomic mass is 32.1. The zero-order valence-electron chi connectivity index (χ0n) is 13.3. The van der Waals surface area contributed by atoms with Gasteiger partial charge in [0.05, 0.1) is 16.8 Å². The second kappa shape index (κ2) is 6.72. The van der Waals surface area contributed by atoms with E-state index < -0.39 is 18.1 Å². The molecule has 126 valence electrons. The number of aryl methyl sites for hydroxylation is 1. The number of hydrogen-bond donors (Lipinski definition) is 2. The third-order valence-corrected chi connectivity index (χ3v) is 4.79. The van der Waals surface area contributed by atoms with Gasteiger partial charge in [0, 0.05) is 7.05 Å². The molecule has 7 heteroatoms. The molecule has 24 heavy (non-hydrogen) atoms. The van der Waals surface area contributed by atoms with E-state index in [2.05, 4.69) is 4.98 Å². The number of furan rings is 1. The van der Waals surface area contributed by atoms with Crippen LogP contribution in [0.3, 0.4) is 0 Å². The molecule has 2 aromatic heterocycles.